The predicted molar refractivity (Wildman–Crippen MR) is 156 cm³/mol. The van der Waals surface area contributed by atoms with E-state index in [0.29, 0.717) is 45.9 Å². The van der Waals surface area contributed by atoms with E-state index in [9.17, 15) is 0 Å². The predicted octanol–water partition coefficient (Wildman–Crippen LogP) is 6.04. The van der Waals surface area contributed by atoms with Gasteiger partial charge in [0.25, 0.3) is 0 Å². The van der Waals surface area contributed by atoms with Crippen molar-refractivity contribution in [2.75, 3.05) is 0 Å². The van der Waals surface area contributed by atoms with Gasteiger partial charge in [-0.15, -0.1) is 0 Å². The molecule has 9 rings (SSSR count). The second-order valence-corrected chi connectivity index (χ2v) is 10.4. The third-order valence-electron chi connectivity index (χ3n) is 7.50. The fourth-order valence-electron chi connectivity index (χ4n) is 5.63. The number of rotatable bonds is 0. The van der Waals surface area contributed by atoms with E-state index in [2.05, 4.69) is 9.97 Å². The van der Waals surface area contributed by atoms with Gasteiger partial charge in [0.1, 0.15) is 0 Å². The Balaban J connectivity index is 1.52. The van der Waals surface area contributed by atoms with Crippen molar-refractivity contribution in [1.82, 2.24) is 39.9 Å². The average molecular weight is 572 g/mol. The fourth-order valence-corrected chi connectivity index (χ4v) is 5.97. The molecule has 4 aromatic carbocycles. The van der Waals surface area contributed by atoms with E-state index < -0.39 is 0 Å². The molecule has 0 radical (unpaired) electrons. The van der Waals surface area contributed by atoms with E-state index in [-0.39, 0.29) is 0 Å². The molecule has 41 heavy (non-hydrogen) atoms. The number of benzene rings is 4. The molecule has 2 aliphatic heterocycles. The number of aromatic nitrogens is 8. The van der Waals surface area contributed by atoms with Gasteiger partial charge in [0.05, 0.1) is 0 Å². The molecule has 0 unspecified atom stereocenters. The number of H-pyrrole nitrogens is 2. The Morgan fingerprint density at radius 1 is 0.390 bits per heavy atom. The number of nitrogens with one attached hydrogen (secondary N) is 2. The van der Waals surface area contributed by atoms with Crippen LogP contribution in [0.2, 0.25) is 0 Å². The zero-order valence-corrected chi connectivity index (χ0v) is 22.1. The van der Waals surface area contributed by atoms with Gasteiger partial charge in [-0.3, -0.25) is 0 Å². The van der Waals surface area contributed by atoms with E-state index >= 15 is 0 Å². The first-order valence-corrected chi connectivity index (χ1v) is 13.6. The van der Waals surface area contributed by atoms with E-state index in [1.807, 2.05) is 91.0 Å². The SMILES string of the molecule is [Ni][c]1cccc2c3nc4nc(nc5[nH]c(nc6nc(nc([nH]3)c12)-c1ccccc1-6)c1ccccc51)-c1ccccc1-4. The van der Waals surface area contributed by atoms with Crippen molar-refractivity contribution in [2.24, 2.45) is 0 Å². The van der Waals surface area contributed by atoms with Gasteiger partial charge in [-0.05, 0) is 0 Å². The van der Waals surface area contributed by atoms with E-state index in [0.717, 1.165) is 48.3 Å². The summed E-state index contributed by atoms with van der Waals surface area (Å²) < 4.78 is 0.721. The Hall–Kier alpha value is -5.27. The van der Waals surface area contributed by atoms with E-state index in [1.54, 1.807) is 0 Å². The van der Waals surface area contributed by atoms with Crippen LogP contribution >= 0.6 is 0 Å². The first kappa shape index (κ1) is 22.5. The second-order valence-electron chi connectivity index (χ2n) is 9.88. The summed E-state index contributed by atoms with van der Waals surface area (Å²) in [6, 6.07) is 29.9. The van der Waals surface area contributed by atoms with Gasteiger partial charge in [-0.1, -0.05) is 6.07 Å². The molecular weight excluding hydrogens is 555 g/mol. The number of nitrogens with zero attached hydrogens (tertiary/aromatic N) is 6. The van der Waals surface area contributed by atoms with Crippen LogP contribution in [0.25, 0.3) is 89.7 Å². The molecule has 0 saturated carbocycles. The minimum atomic E-state index is 0.560. The Morgan fingerprint density at radius 3 is 1.29 bits per heavy atom. The number of hydrogen-bond acceptors (Lipinski definition) is 6. The molecule has 195 valence electrons. The van der Waals surface area contributed by atoms with Gasteiger partial charge in [0.15, 0.2) is 0 Å². The van der Waals surface area contributed by atoms with Gasteiger partial charge < -0.3 is 0 Å². The number of aromatic amines is 2. The second kappa shape index (κ2) is 8.37. The standard InChI is InChI=1S/C32H17N8.Ni/c1-2-10-18-17(9-1)25-33-26(18)38-28-21-13-5-6-14-22(21)30(35-28)40-32-24-16-8-7-15-23(24)31(36-32)39-29-20-12-4-3-11-19(20)27(34-29)37-25;/h1-15H,(H2,33,34,35,36,37,38,39,40);. The number of hydrogen-bond donors (Lipinski definition) is 2. The Bertz CT molecular complexity index is 2400. The van der Waals surface area contributed by atoms with Crippen LogP contribution in [0.3, 0.4) is 0 Å². The molecule has 8 nitrogen and oxygen atoms in total. The van der Waals surface area contributed by atoms with Gasteiger partial charge >= 0.3 is 234 Å². The van der Waals surface area contributed by atoms with Crippen molar-refractivity contribution in [3.05, 3.63) is 91.0 Å². The first-order chi connectivity index (χ1) is 20.2. The zero-order chi connectivity index (χ0) is 27.1. The van der Waals surface area contributed by atoms with Crippen LogP contribution in [0.4, 0.5) is 0 Å². The van der Waals surface area contributed by atoms with Crippen molar-refractivity contribution in [2.45, 2.75) is 0 Å². The molecule has 2 aliphatic rings. The summed E-state index contributed by atoms with van der Waals surface area (Å²) in [5, 5.41) is 3.60. The third kappa shape index (κ3) is 3.33. The normalized spacial score (nSPS) is 12.0. The van der Waals surface area contributed by atoms with E-state index in [1.165, 1.54) is 0 Å². The van der Waals surface area contributed by atoms with Crippen LogP contribution in [0.1, 0.15) is 0 Å². The zero-order valence-electron chi connectivity index (χ0n) is 21.2. The maximum atomic E-state index is 5.39. The summed E-state index contributed by atoms with van der Waals surface area (Å²) in [6.07, 6.45) is 0. The first-order valence-electron chi connectivity index (χ1n) is 13.1. The molecule has 5 heterocycles. The molecular formula is C32H17N8Ni. The van der Waals surface area contributed by atoms with Crippen LogP contribution < -0.4 is 4.53 Å². The van der Waals surface area contributed by atoms with Crippen LogP contribution in [-0.4, -0.2) is 39.9 Å². The summed E-state index contributed by atoms with van der Waals surface area (Å²) >= 11 is 5.39. The van der Waals surface area contributed by atoms with Crippen molar-refractivity contribution < 1.29 is 15.5 Å². The number of fused-ring (bicyclic) bond motifs is 20. The summed E-state index contributed by atoms with van der Waals surface area (Å²) in [6.45, 7) is 0. The van der Waals surface area contributed by atoms with E-state index in [4.69, 9.17) is 45.4 Å². The summed E-state index contributed by atoms with van der Waals surface area (Å²) in [5.41, 5.74) is 6.20. The molecule has 0 amide bonds. The quantitative estimate of drug-likeness (QED) is 0.215. The van der Waals surface area contributed by atoms with Crippen molar-refractivity contribution >= 4 is 48.7 Å². The molecule has 3 aromatic heterocycles. The molecule has 0 aliphatic carbocycles. The Kier molecular flexibility index (Phi) is 4.60. The van der Waals surface area contributed by atoms with Crippen LogP contribution in [0, 0.1) is 0 Å². The molecule has 9 heteroatoms. The molecule has 0 atom stereocenters. The van der Waals surface area contributed by atoms with Crippen LogP contribution in [-0.2, 0) is 15.5 Å². The summed E-state index contributed by atoms with van der Waals surface area (Å²) in [5.74, 6) is 2.28. The van der Waals surface area contributed by atoms with Gasteiger partial charge in [-0.25, -0.2) is 0 Å². The molecule has 8 bridgehead atoms. The molecule has 0 saturated heterocycles. The minimum absolute atomic E-state index is 0.560. The van der Waals surface area contributed by atoms with Gasteiger partial charge in [0, 0.05) is 0 Å². The molecule has 7 aromatic rings. The topological polar surface area (TPSA) is 109 Å². The summed E-state index contributed by atoms with van der Waals surface area (Å²) in [4.78, 5) is 36.7. The molecule has 0 fully saturated rings. The maximum absolute atomic E-state index is 5.39. The molecule has 0 spiro atoms. The van der Waals surface area contributed by atoms with Crippen molar-refractivity contribution in [3.8, 4) is 45.6 Å². The van der Waals surface area contributed by atoms with Crippen LogP contribution in [0.15, 0.2) is 91.0 Å². The fraction of sp³-hybridized carbons (Fsp3) is 0. The van der Waals surface area contributed by atoms with Gasteiger partial charge in [-0.2, -0.15) is 0 Å². The van der Waals surface area contributed by atoms with Gasteiger partial charge in [0.2, 0.25) is 0 Å². The van der Waals surface area contributed by atoms with Crippen molar-refractivity contribution in [1.29, 1.82) is 0 Å². The molecule has 2 N–H and O–H groups in total. The third-order valence-corrected chi connectivity index (χ3v) is 7.91. The van der Waals surface area contributed by atoms with Crippen LogP contribution in [0.5, 0.6) is 0 Å². The van der Waals surface area contributed by atoms with Crippen molar-refractivity contribution in [3.63, 3.8) is 0 Å². The Morgan fingerprint density at radius 2 is 0.780 bits per heavy atom. The monoisotopic (exact) mass is 571 g/mol. The summed E-state index contributed by atoms with van der Waals surface area (Å²) in [7, 11) is 0. The Labute approximate surface area is 240 Å². The average Bonchev–Trinajstić information content (AvgIpc) is 3.73.